The number of nitrogens with zero attached hydrogens (tertiary/aromatic N) is 2. The first-order valence-corrected chi connectivity index (χ1v) is 3.70. The van der Waals surface area contributed by atoms with Gasteiger partial charge in [-0.1, -0.05) is 0 Å². The summed E-state index contributed by atoms with van der Waals surface area (Å²) in [6.07, 6.45) is 2.76. The van der Waals surface area contributed by atoms with Crippen LogP contribution in [0.2, 0.25) is 0 Å². The van der Waals surface area contributed by atoms with Gasteiger partial charge in [0.25, 0.3) is 0 Å². The van der Waals surface area contributed by atoms with Gasteiger partial charge in [-0.15, -0.1) is 12.6 Å². The minimum absolute atomic E-state index is 0.791. The third-order valence-corrected chi connectivity index (χ3v) is 1.83. The fourth-order valence-electron chi connectivity index (χ4n) is 1.06. The van der Waals surface area contributed by atoms with E-state index in [1.165, 1.54) is 0 Å². The Balaban J connectivity index is 2.45. The molecule has 2 rings (SSSR count). The lowest BCUT2D eigenvalue weighted by atomic mass is 10.4. The van der Waals surface area contributed by atoms with E-state index >= 15 is 0 Å². The summed E-state index contributed by atoms with van der Waals surface area (Å²) >= 11 is 4.18. The summed E-state index contributed by atoms with van der Waals surface area (Å²) in [5.74, 6) is 0.814. The van der Waals surface area contributed by atoms with Crippen LogP contribution in [0.5, 0.6) is 5.88 Å². The molecule has 1 aliphatic rings. The fourth-order valence-corrected chi connectivity index (χ4v) is 1.29. The number of rotatable bonds is 0. The maximum absolute atomic E-state index is 5.32. The lowest BCUT2D eigenvalue weighted by Crippen LogP contribution is -2.14. The van der Waals surface area contributed by atoms with Crippen LogP contribution in [0.15, 0.2) is 11.1 Å². The zero-order valence-corrected chi connectivity index (χ0v) is 6.34. The smallest absolute Gasteiger partial charge is 0.225 e. The summed E-state index contributed by atoms with van der Waals surface area (Å²) in [6, 6.07) is 0. The lowest BCUT2D eigenvalue weighted by Gasteiger charge is -2.14. The molecule has 0 radical (unpaired) electrons. The van der Waals surface area contributed by atoms with Gasteiger partial charge in [0.2, 0.25) is 5.88 Å². The molecule has 0 spiro atoms. The molecule has 3 nitrogen and oxygen atoms in total. The largest absolute Gasteiger partial charge is 0.477 e. The quantitative estimate of drug-likeness (QED) is 0.566. The van der Waals surface area contributed by atoms with Crippen molar-refractivity contribution in [2.24, 2.45) is 0 Å². The minimum atomic E-state index is 0.791. The number of hydrogen-bond acceptors (Lipinski definition) is 3. The fraction of sp³-hybridized carbons (Fsp3) is 0.500. The summed E-state index contributed by atoms with van der Waals surface area (Å²) in [4.78, 5) is 0.833. The molecule has 0 N–H and O–H groups in total. The van der Waals surface area contributed by atoms with Crippen LogP contribution in [0.4, 0.5) is 0 Å². The summed E-state index contributed by atoms with van der Waals surface area (Å²) < 4.78 is 7.16. The van der Waals surface area contributed by atoms with Crippen molar-refractivity contribution in [2.45, 2.75) is 17.9 Å². The van der Waals surface area contributed by atoms with Crippen molar-refractivity contribution >= 4 is 12.6 Å². The molecule has 0 aromatic carbocycles. The maximum atomic E-state index is 5.32. The van der Waals surface area contributed by atoms with E-state index < -0.39 is 0 Å². The van der Waals surface area contributed by atoms with Crippen molar-refractivity contribution in [3.8, 4) is 5.88 Å². The number of fused-ring (bicyclic) bond motifs is 1. The highest BCUT2D eigenvalue weighted by molar-refractivity contribution is 7.80. The third-order valence-electron chi connectivity index (χ3n) is 1.53. The molecule has 1 aliphatic heterocycles. The van der Waals surface area contributed by atoms with Crippen LogP contribution in [0.25, 0.3) is 0 Å². The van der Waals surface area contributed by atoms with Gasteiger partial charge in [0.15, 0.2) is 0 Å². The summed E-state index contributed by atoms with van der Waals surface area (Å²) in [6.45, 7) is 1.75. The van der Waals surface area contributed by atoms with Gasteiger partial charge in [-0.3, -0.25) is 0 Å². The highest BCUT2D eigenvalue weighted by Crippen LogP contribution is 2.24. The van der Waals surface area contributed by atoms with Gasteiger partial charge in [-0.2, -0.15) is 5.10 Å². The molecule has 4 heteroatoms. The van der Waals surface area contributed by atoms with Crippen LogP contribution in [0.1, 0.15) is 6.42 Å². The monoisotopic (exact) mass is 156 g/mol. The molecule has 2 heterocycles. The Morgan fingerprint density at radius 3 is 3.40 bits per heavy atom. The molecule has 10 heavy (non-hydrogen) atoms. The van der Waals surface area contributed by atoms with Crippen molar-refractivity contribution < 1.29 is 4.74 Å². The molecule has 0 atom stereocenters. The Labute approximate surface area is 64.4 Å². The summed E-state index contributed by atoms with van der Waals surface area (Å²) in [5, 5.41) is 4.07. The Morgan fingerprint density at radius 1 is 1.70 bits per heavy atom. The molecular formula is C6H8N2OS. The first-order chi connectivity index (χ1) is 4.88. The Hall–Kier alpha value is -0.640. The van der Waals surface area contributed by atoms with E-state index in [9.17, 15) is 0 Å². The van der Waals surface area contributed by atoms with Crippen LogP contribution in [0.3, 0.4) is 0 Å². The second-order valence-corrected chi connectivity index (χ2v) is 2.74. The lowest BCUT2D eigenvalue weighted by molar-refractivity contribution is 0.225. The highest BCUT2D eigenvalue weighted by atomic mass is 32.1. The van der Waals surface area contributed by atoms with Crippen LogP contribution in [-0.2, 0) is 6.54 Å². The molecule has 1 aromatic heterocycles. The molecule has 0 saturated heterocycles. The second-order valence-electron chi connectivity index (χ2n) is 2.26. The molecule has 0 amide bonds. The SMILES string of the molecule is Sc1cnn2c1OCCC2. The van der Waals surface area contributed by atoms with Crippen molar-refractivity contribution in [3.05, 3.63) is 6.20 Å². The van der Waals surface area contributed by atoms with E-state index in [0.717, 1.165) is 30.3 Å². The first-order valence-electron chi connectivity index (χ1n) is 3.25. The normalized spacial score (nSPS) is 16.1. The zero-order chi connectivity index (χ0) is 6.97. The van der Waals surface area contributed by atoms with Gasteiger partial charge in [-0.25, -0.2) is 4.68 Å². The first kappa shape index (κ1) is 6.09. The molecular weight excluding hydrogens is 148 g/mol. The summed E-state index contributed by atoms with van der Waals surface area (Å²) in [5.41, 5.74) is 0. The number of thiol groups is 1. The molecule has 1 aromatic rings. The molecule has 0 bridgehead atoms. The van der Waals surface area contributed by atoms with Crippen molar-refractivity contribution in [1.82, 2.24) is 9.78 Å². The molecule has 0 unspecified atom stereocenters. The Morgan fingerprint density at radius 2 is 2.60 bits per heavy atom. The average molecular weight is 156 g/mol. The maximum Gasteiger partial charge on any atom is 0.225 e. The van der Waals surface area contributed by atoms with Gasteiger partial charge in [-0.05, 0) is 0 Å². The van der Waals surface area contributed by atoms with Crippen molar-refractivity contribution in [1.29, 1.82) is 0 Å². The number of aryl methyl sites for hydroxylation is 1. The minimum Gasteiger partial charge on any atom is -0.477 e. The van der Waals surface area contributed by atoms with Gasteiger partial charge in [0.05, 0.1) is 17.7 Å². The van der Waals surface area contributed by atoms with E-state index in [1.807, 2.05) is 4.68 Å². The average Bonchev–Trinajstić information content (AvgIpc) is 2.34. The van der Waals surface area contributed by atoms with E-state index in [1.54, 1.807) is 6.20 Å². The third kappa shape index (κ3) is 0.794. The zero-order valence-electron chi connectivity index (χ0n) is 5.45. The molecule has 0 saturated carbocycles. The van der Waals surface area contributed by atoms with Gasteiger partial charge in [0.1, 0.15) is 0 Å². The number of aromatic nitrogens is 2. The number of hydrogen-bond donors (Lipinski definition) is 1. The van der Waals surface area contributed by atoms with Crippen LogP contribution < -0.4 is 4.74 Å². The number of ether oxygens (including phenoxy) is 1. The summed E-state index contributed by atoms with van der Waals surface area (Å²) in [7, 11) is 0. The highest BCUT2D eigenvalue weighted by Gasteiger charge is 2.12. The second kappa shape index (κ2) is 2.20. The van der Waals surface area contributed by atoms with Gasteiger partial charge in [0, 0.05) is 13.0 Å². The van der Waals surface area contributed by atoms with E-state index in [4.69, 9.17) is 4.74 Å². The molecule has 0 fully saturated rings. The van der Waals surface area contributed by atoms with Crippen LogP contribution in [0, 0.1) is 0 Å². The molecule has 0 aliphatic carbocycles. The van der Waals surface area contributed by atoms with E-state index in [-0.39, 0.29) is 0 Å². The molecule has 54 valence electrons. The van der Waals surface area contributed by atoms with Crippen molar-refractivity contribution in [2.75, 3.05) is 6.61 Å². The van der Waals surface area contributed by atoms with Crippen LogP contribution in [-0.4, -0.2) is 16.4 Å². The predicted octanol–water partition coefficient (Wildman–Crippen LogP) is 0.954. The Kier molecular flexibility index (Phi) is 1.34. The predicted molar refractivity (Wildman–Crippen MR) is 39.6 cm³/mol. The van der Waals surface area contributed by atoms with Gasteiger partial charge < -0.3 is 4.74 Å². The van der Waals surface area contributed by atoms with E-state index in [0.29, 0.717) is 0 Å². The van der Waals surface area contributed by atoms with Crippen molar-refractivity contribution in [3.63, 3.8) is 0 Å². The van der Waals surface area contributed by atoms with Crippen LogP contribution >= 0.6 is 12.6 Å². The van der Waals surface area contributed by atoms with E-state index in [2.05, 4.69) is 17.7 Å². The standard InChI is InChI=1S/C6H8N2OS/c10-5-4-7-8-2-1-3-9-6(5)8/h4,10H,1-3H2. The van der Waals surface area contributed by atoms with Gasteiger partial charge >= 0.3 is 0 Å². The topological polar surface area (TPSA) is 27.1 Å². The Bertz CT molecular complexity index is 246.